The molecular weight excluding hydrogens is 224 g/mol. The number of aromatic nitrogens is 2. The van der Waals surface area contributed by atoms with Crippen molar-refractivity contribution in [1.82, 2.24) is 9.97 Å². The van der Waals surface area contributed by atoms with Gasteiger partial charge in [-0.3, -0.25) is 0 Å². The van der Waals surface area contributed by atoms with Crippen LogP contribution in [-0.4, -0.2) is 29.6 Å². The van der Waals surface area contributed by atoms with Crippen molar-refractivity contribution in [3.05, 3.63) is 17.5 Å². The van der Waals surface area contributed by atoms with Gasteiger partial charge in [-0.25, -0.2) is 9.97 Å². The predicted molar refractivity (Wildman–Crippen MR) is 74.8 cm³/mol. The van der Waals surface area contributed by atoms with E-state index < -0.39 is 0 Å². The first-order chi connectivity index (χ1) is 8.52. The van der Waals surface area contributed by atoms with Crippen LogP contribution in [0.15, 0.2) is 6.07 Å². The number of anilines is 1. The molecule has 0 amide bonds. The Hall–Kier alpha value is -1.16. The van der Waals surface area contributed by atoms with Crippen molar-refractivity contribution in [1.29, 1.82) is 0 Å². The van der Waals surface area contributed by atoms with Gasteiger partial charge in [-0.15, -0.1) is 0 Å². The van der Waals surface area contributed by atoms with E-state index in [1.807, 2.05) is 6.92 Å². The highest BCUT2D eigenvalue weighted by Gasteiger charge is 2.34. The van der Waals surface area contributed by atoms with Crippen LogP contribution in [0.3, 0.4) is 0 Å². The van der Waals surface area contributed by atoms with Gasteiger partial charge < -0.3 is 10.6 Å². The molecule has 0 aromatic carbocycles. The van der Waals surface area contributed by atoms with Crippen LogP contribution in [0.5, 0.6) is 0 Å². The van der Waals surface area contributed by atoms with Crippen LogP contribution < -0.4 is 10.6 Å². The molecule has 1 fully saturated rings. The third-order valence-electron chi connectivity index (χ3n) is 3.67. The summed E-state index contributed by atoms with van der Waals surface area (Å²) >= 11 is 0. The summed E-state index contributed by atoms with van der Waals surface area (Å²) in [6, 6.07) is 2.45. The minimum atomic E-state index is 0.381. The minimum absolute atomic E-state index is 0.381. The van der Waals surface area contributed by atoms with E-state index in [1.165, 1.54) is 12.8 Å². The highest BCUT2D eigenvalue weighted by Crippen LogP contribution is 2.35. The second-order valence-corrected chi connectivity index (χ2v) is 5.64. The molecule has 1 heterocycles. The quantitative estimate of drug-likeness (QED) is 0.867. The summed E-state index contributed by atoms with van der Waals surface area (Å²) < 4.78 is 0. The van der Waals surface area contributed by atoms with Gasteiger partial charge in [0.1, 0.15) is 0 Å². The topological polar surface area (TPSA) is 55.0 Å². The van der Waals surface area contributed by atoms with E-state index in [2.05, 4.69) is 41.8 Å². The van der Waals surface area contributed by atoms with Gasteiger partial charge in [0.15, 0.2) is 0 Å². The molecule has 1 unspecified atom stereocenters. The molecule has 4 heteroatoms. The lowest BCUT2D eigenvalue weighted by Gasteiger charge is -2.27. The zero-order valence-electron chi connectivity index (χ0n) is 11.8. The van der Waals surface area contributed by atoms with E-state index >= 15 is 0 Å². The molecule has 0 aliphatic heterocycles. The zero-order chi connectivity index (χ0) is 13.3. The maximum atomic E-state index is 5.89. The smallest absolute Gasteiger partial charge is 0.225 e. The highest BCUT2D eigenvalue weighted by molar-refractivity contribution is 5.34. The summed E-state index contributed by atoms with van der Waals surface area (Å²) in [6.07, 6.45) is 2.57. The lowest BCUT2D eigenvalue weighted by atomic mass is 10.1. The summed E-state index contributed by atoms with van der Waals surface area (Å²) in [7, 11) is 2.06. The first-order valence-electron chi connectivity index (χ1n) is 6.81. The van der Waals surface area contributed by atoms with Crippen molar-refractivity contribution in [2.24, 2.45) is 11.7 Å². The second-order valence-electron chi connectivity index (χ2n) is 5.64. The third-order valence-corrected chi connectivity index (χ3v) is 3.67. The number of hydrogen-bond acceptors (Lipinski definition) is 4. The van der Waals surface area contributed by atoms with Crippen LogP contribution in [0.2, 0.25) is 0 Å². The molecule has 1 aliphatic rings. The Kier molecular flexibility index (Phi) is 3.85. The molecule has 1 aromatic heterocycles. The minimum Gasteiger partial charge on any atom is -0.339 e. The molecule has 2 rings (SSSR count). The number of rotatable bonds is 5. The Balaban J connectivity index is 2.25. The molecule has 0 bridgehead atoms. The fourth-order valence-electron chi connectivity index (χ4n) is 2.33. The summed E-state index contributed by atoms with van der Waals surface area (Å²) in [5, 5.41) is 0. The van der Waals surface area contributed by atoms with Crippen LogP contribution in [-0.2, 0) is 0 Å². The van der Waals surface area contributed by atoms with E-state index in [-0.39, 0.29) is 0 Å². The molecular formula is C14H24N4. The molecule has 1 saturated carbocycles. The van der Waals surface area contributed by atoms with Crippen molar-refractivity contribution < 1.29 is 0 Å². The fraction of sp³-hybridized carbons (Fsp3) is 0.714. The van der Waals surface area contributed by atoms with E-state index in [4.69, 9.17) is 5.73 Å². The summed E-state index contributed by atoms with van der Waals surface area (Å²) in [6.45, 7) is 7.02. The van der Waals surface area contributed by atoms with Crippen LogP contribution in [0.4, 0.5) is 5.95 Å². The molecule has 2 N–H and O–H groups in total. The van der Waals surface area contributed by atoms with Crippen LogP contribution >= 0.6 is 0 Å². The van der Waals surface area contributed by atoms with E-state index in [0.29, 0.717) is 18.5 Å². The maximum absolute atomic E-state index is 5.89. The Bertz CT molecular complexity index is 412. The molecule has 100 valence electrons. The highest BCUT2D eigenvalue weighted by atomic mass is 15.3. The molecule has 1 aliphatic carbocycles. The third kappa shape index (κ3) is 2.80. The van der Waals surface area contributed by atoms with Gasteiger partial charge in [0.25, 0.3) is 0 Å². The lowest BCUT2D eigenvalue weighted by Crippen LogP contribution is -2.40. The lowest BCUT2D eigenvalue weighted by molar-refractivity contribution is 0.559. The molecule has 18 heavy (non-hydrogen) atoms. The Morgan fingerprint density at radius 2 is 2.06 bits per heavy atom. The standard InChI is InChI=1S/C14H24N4/c1-9(2)12-7-10(3)16-14(17-12)18(4)13(8-15)11-5-6-11/h7,9,11,13H,5-6,8,15H2,1-4H3. The molecule has 0 radical (unpaired) electrons. The Morgan fingerprint density at radius 3 is 2.56 bits per heavy atom. The van der Waals surface area contributed by atoms with Crippen molar-refractivity contribution in [3.63, 3.8) is 0 Å². The SMILES string of the molecule is Cc1cc(C(C)C)nc(N(C)C(CN)C2CC2)n1. The van der Waals surface area contributed by atoms with Gasteiger partial charge in [0, 0.05) is 31.0 Å². The average Bonchev–Trinajstić information content (AvgIpc) is 3.13. The van der Waals surface area contributed by atoms with E-state index in [0.717, 1.165) is 23.3 Å². The maximum Gasteiger partial charge on any atom is 0.225 e. The van der Waals surface area contributed by atoms with Crippen molar-refractivity contribution in [3.8, 4) is 0 Å². The Morgan fingerprint density at radius 1 is 1.39 bits per heavy atom. The zero-order valence-corrected chi connectivity index (χ0v) is 11.8. The van der Waals surface area contributed by atoms with Crippen LogP contribution in [0.25, 0.3) is 0 Å². The molecule has 1 atom stereocenters. The van der Waals surface area contributed by atoms with Gasteiger partial charge in [-0.05, 0) is 37.7 Å². The van der Waals surface area contributed by atoms with Gasteiger partial charge in [0.2, 0.25) is 5.95 Å². The van der Waals surface area contributed by atoms with Crippen molar-refractivity contribution in [2.45, 2.75) is 45.6 Å². The van der Waals surface area contributed by atoms with Gasteiger partial charge >= 0.3 is 0 Å². The Labute approximate surface area is 110 Å². The first kappa shape index (κ1) is 13.3. The number of nitrogens with zero attached hydrogens (tertiary/aromatic N) is 3. The number of nitrogens with two attached hydrogens (primary N) is 1. The fourth-order valence-corrected chi connectivity index (χ4v) is 2.33. The van der Waals surface area contributed by atoms with Gasteiger partial charge in [-0.2, -0.15) is 0 Å². The van der Waals surface area contributed by atoms with E-state index in [1.54, 1.807) is 0 Å². The van der Waals surface area contributed by atoms with Gasteiger partial charge in [0.05, 0.1) is 0 Å². The van der Waals surface area contributed by atoms with Crippen molar-refractivity contribution >= 4 is 5.95 Å². The van der Waals surface area contributed by atoms with Crippen molar-refractivity contribution in [2.75, 3.05) is 18.5 Å². The molecule has 0 saturated heterocycles. The molecule has 0 spiro atoms. The summed E-state index contributed by atoms with van der Waals surface area (Å²) in [4.78, 5) is 11.4. The number of aryl methyl sites for hydroxylation is 1. The van der Waals surface area contributed by atoms with E-state index in [9.17, 15) is 0 Å². The first-order valence-corrected chi connectivity index (χ1v) is 6.81. The van der Waals surface area contributed by atoms with Crippen LogP contribution in [0, 0.1) is 12.8 Å². The summed E-state index contributed by atoms with van der Waals surface area (Å²) in [5.41, 5.74) is 8.03. The van der Waals surface area contributed by atoms with Crippen LogP contribution in [0.1, 0.15) is 44.0 Å². The summed E-state index contributed by atoms with van der Waals surface area (Å²) in [5.74, 6) is 1.98. The van der Waals surface area contributed by atoms with Gasteiger partial charge in [-0.1, -0.05) is 13.8 Å². The average molecular weight is 248 g/mol. The number of hydrogen-bond donors (Lipinski definition) is 1. The largest absolute Gasteiger partial charge is 0.339 e. The second kappa shape index (κ2) is 5.22. The number of likely N-dealkylation sites (N-methyl/N-ethyl adjacent to an activating group) is 1. The monoisotopic (exact) mass is 248 g/mol. The normalized spacial score (nSPS) is 17.0. The molecule has 1 aromatic rings. The predicted octanol–water partition coefficient (Wildman–Crippen LogP) is 2.08. The molecule has 4 nitrogen and oxygen atoms in total.